The molecule has 35 heavy (non-hydrogen) atoms. The summed E-state index contributed by atoms with van der Waals surface area (Å²) in [5.74, 6) is -0.00858. The third-order valence-corrected chi connectivity index (χ3v) is 5.98. The number of hydrogen-bond donors (Lipinski definition) is 0. The quantitative estimate of drug-likeness (QED) is 0.113. The third kappa shape index (κ3) is 12.1. The lowest BCUT2D eigenvalue weighted by molar-refractivity contribution is 0.0734. The first-order valence-electron chi connectivity index (χ1n) is 13.5. The molecular formula is C30H43FO4. The minimum atomic E-state index is -0.538. The van der Waals surface area contributed by atoms with Crippen molar-refractivity contribution in [3.8, 4) is 17.2 Å². The molecule has 0 heterocycles. The number of ether oxygens (including phenoxy) is 3. The highest BCUT2D eigenvalue weighted by Gasteiger charge is 2.12. The van der Waals surface area contributed by atoms with Gasteiger partial charge in [-0.2, -0.15) is 0 Å². The summed E-state index contributed by atoms with van der Waals surface area (Å²) >= 11 is 0. The first-order valence-corrected chi connectivity index (χ1v) is 13.5. The first-order chi connectivity index (χ1) is 17.1. The van der Waals surface area contributed by atoms with E-state index in [-0.39, 0.29) is 11.5 Å². The number of esters is 1. The Balaban J connectivity index is 1.69. The Morgan fingerprint density at radius 1 is 0.657 bits per heavy atom. The van der Waals surface area contributed by atoms with Crippen LogP contribution in [0, 0.1) is 5.82 Å². The van der Waals surface area contributed by atoms with Crippen molar-refractivity contribution in [1.82, 2.24) is 0 Å². The van der Waals surface area contributed by atoms with Crippen LogP contribution in [0.15, 0.2) is 42.5 Å². The summed E-state index contributed by atoms with van der Waals surface area (Å²) in [5, 5.41) is 0. The molecule has 2 aromatic rings. The number of halogens is 1. The van der Waals surface area contributed by atoms with Gasteiger partial charge < -0.3 is 14.2 Å². The predicted molar refractivity (Wildman–Crippen MR) is 140 cm³/mol. The maximum absolute atomic E-state index is 14.4. The van der Waals surface area contributed by atoms with E-state index in [9.17, 15) is 9.18 Å². The Hall–Kier alpha value is -2.56. The van der Waals surface area contributed by atoms with Gasteiger partial charge in [0.25, 0.3) is 0 Å². The summed E-state index contributed by atoms with van der Waals surface area (Å²) in [4.78, 5) is 12.4. The normalized spacial score (nSPS) is 10.8. The Morgan fingerprint density at radius 3 is 1.74 bits per heavy atom. The van der Waals surface area contributed by atoms with E-state index in [0.29, 0.717) is 18.8 Å². The molecule has 0 saturated carbocycles. The summed E-state index contributed by atoms with van der Waals surface area (Å²) in [6.45, 7) is 5.57. The summed E-state index contributed by atoms with van der Waals surface area (Å²) in [7, 11) is 0. The van der Waals surface area contributed by atoms with Gasteiger partial charge in [-0.3, -0.25) is 0 Å². The molecule has 0 aliphatic heterocycles. The van der Waals surface area contributed by atoms with E-state index >= 15 is 0 Å². The van der Waals surface area contributed by atoms with Crippen LogP contribution < -0.4 is 14.2 Å². The van der Waals surface area contributed by atoms with Crippen LogP contribution >= 0.6 is 0 Å². The van der Waals surface area contributed by atoms with E-state index < -0.39 is 11.8 Å². The number of unbranched alkanes of at least 4 members (excludes halogenated alkanes) is 11. The monoisotopic (exact) mass is 486 g/mol. The van der Waals surface area contributed by atoms with Crippen LogP contribution in [0.2, 0.25) is 0 Å². The number of benzene rings is 2. The average molecular weight is 487 g/mol. The number of rotatable bonds is 19. The second kappa shape index (κ2) is 17.8. The van der Waals surface area contributed by atoms with E-state index in [2.05, 4.69) is 13.8 Å². The molecule has 0 unspecified atom stereocenters. The number of carbonyl (C=O) groups excluding carboxylic acids is 1. The van der Waals surface area contributed by atoms with Crippen molar-refractivity contribution in [2.75, 3.05) is 13.2 Å². The second-order valence-corrected chi connectivity index (χ2v) is 9.09. The minimum absolute atomic E-state index is 0.152. The van der Waals surface area contributed by atoms with Crippen LogP contribution in [-0.2, 0) is 0 Å². The average Bonchev–Trinajstić information content (AvgIpc) is 2.86. The topological polar surface area (TPSA) is 44.8 Å². The zero-order valence-electron chi connectivity index (χ0n) is 21.7. The van der Waals surface area contributed by atoms with Gasteiger partial charge in [0.15, 0.2) is 11.6 Å². The van der Waals surface area contributed by atoms with Gasteiger partial charge in [0.2, 0.25) is 0 Å². The molecule has 0 aliphatic carbocycles. The van der Waals surface area contributed by atoms with Gasteiger partial charge in [0.1, 0.15) is 11.5 Å². The summed E-state index contributed by atoms with van der Waals surface area (Å²) < 4.78 is 31.0. The molecule has 194 valence electrons. The lowest BCUT2D eigenvalue weighted by Crippen LogP contribution is -2.09. The molecule has 0 bridgehead atoms. The van der Waals surface area contributed by atoms with Crippen molar-refractivity contribution in [2.24, 2.45) is 0 Å². The molecule has 2 aromatic carbocycles. The Labute approximate surface area is 211 Å². The maximum Gasteiger partial charge on any atom is 0.343 e. The lowest BCUT2D eigenvalue weighted by atomic mass is 10.1. The van der Waals surface area contributed by atoms with E-state index in [1.54, 1.807) is 30.3 Å². The van der Waals surface area contributed by atoms with Crippen molar-refractivity contribution in [2.45, 2.75) is 97.3 Å². The van der Waals surface area contributed by atoms with Crippen molar-refractivity contribution in [3.63, 3.8) is 0 Å². The van der Waals surface area contributed by atoms with Gasteiger partial charge in [-0.15, -0.1) is 0 Å². The highest BCUT2D eigenvalue weighted by atomic mass is 19.1. The molecule has 0 saturated heterocycles. The largest absolute Gasteiger partial charge is 0.494 e. The van der Waals surface area contributed by atoms with Crippen molar-refractivity contribution < 1.29 is 23.4 Å². The molecule has 0 fully saturated rings. The molecule has 0 atom stereocenters. The highest BCUT2D eigenvalue weighted by molar-refractivity contribution is 5.91. The Morgan fingerprint density at radius 2 is 1.17 bits per heavy atom. The van der Waals surface area contributed by atoms with E-state index in [1.165, 1.54) is 76.3 Å². The van der Waals surface area contributed by atoms with Crippen molar-refractivity contribution in [1.29, 1.82) is 0 Å². The van der Waals surface area contributed by atoms with Gasteiger partial charge in [-0.25, -0.2) is 9.18 Å². The van der Waals surface area contributed by atoms with E-state index in [4.69, 9.17) is 14.2 Å². The molecule has 0 aliphatic rings. The fourth-order valence-electron chi connectivity index (χ4n) is 3.83. The fourth-order valence-corrected chi connectivity index (χ4v) is 3.83. The lowest BCUT2D eigenvalue weighted by Gasteiger charge is -2.10. The Bertz CT molecular complexity index is 835. The smallest absolute Gasteiger partial charge is 0.343 e. The van der Waals surface area contributed by atoms with Gasteiger partial charge in [-0.05, 0) is 49.2 Å². The van der Waals surface area contributed by atoms with Crippen LogP contribution in [0.4, 0.5) is 4.39 Å². The van der Waals surface area contributed by atoms with Crippen LogP contribution in [0.5, 0.6) is 17.2 Å². The second-order valence-electron chi connectivity index (χ2n) is 9.09. The van der Waals surface area contributed by atoms with E-state index in [0.717, 1.165) is 25.0 Å². The summed E-state index contributed by atoms with van der Waals surface area (Å²) in [5.41, 5.74) is 0.386. The number of carbonyl (C=O) groups is 1. The zero-order chi connectivity index (χ0) is 25.1. The van der Waals surface area contributed by atoms with Crippen LogP contribution in [-0.4, -0.2) is 19.2 Å². The van der Waals surface area contributed by atoms with Gasteiger partial charge in [0.05, 0.1) is 18.8 Å². The predicted octanol–water partition coefficient (Wildman–Crippen LogP) is 8.91. The van der Waals surface area contributed by atoms with Gasteiger partial charge in [-0.1, -0.05) is 84.5 Å². The third-order valence-electron chi connectivity index (χ3n) is 5.98. The zero-order valence-corrected chi connectivity index (χ0v) is 21.7. The maximum atomic E-state index is 14.4. The molecule has 0 spiro atoms. The van der Waals surface area contributed by atoms with Gasteiger partial charge >= 0.3 is 5.97 Å². The summed E-state index contributed by atoms with van der Waals surface area (Å²) in [6, 6.07) is 11.1. The van der Waals surface area contributed by atoms with Crippen LogP contribution in [0.3, 0.4) is 0 Å². The molecule has 0 aromatic heterocycles. The van der Waals surface area contributed by atoms with Crippen molar-refractivity contribution >= 4 is 5.97 Å². The minimum Gasteiger partial charge on any atom is -0.494 e. The molecule has 4 nitrogen and oxygen atoms in total. The van der Waals surface area contributed by atoms with E-state index in [1.807, 2.05) is 0 Å². The number of hydrogen-bond acceptors (Lipinski definition) is 4. The first kappa shape index (κ1) is 28.7. The molecule has 5 heteroatoms. The van der Waals surface area contributed by atoms with Gasteiger partial charge in [0, 0.05) is 6.07 Å². The fraction of sp³-hybridized carbons (Fsp3) is 0.567. The molecule has 0 radical (unpaired) electrons. The molecule has 0 amide bonds. The van der Waals surface area contributed by atoms with Crippen LogP contribution in [0.25, 0.3) is 0 Å². The highest BCUT2D eigenvalue weighted by Crippen LogP contribution is 2.24. The summed E-state index contributed by atoms with van der Waals surface area (Å²) in [6.07, 6.45) is 15.5. The van der Waals surface area contributed by atoms with Crippen molar-refractivity contribution in [3.05, 3.63) is 53.8 Å². The molecular weight excluding hydrogens is 443 g/mol. The van der Waals surface area contributed by atoms with Crippen LogP contribution in [0.1, 0.15) is 108 Å². The SMILES string of the molecule is CCCCCCCCCOc1ccc(OC(=O)c2ccc(OCCCCCCCC)cc2)cc1F. The standard InChI is InChI=1S/C30H43FO4/c1-3-5-7-9-11-13-15-23-34-29-21-20-27(24-28(29)31)35-30(32)25-16-18-26(19-17-25)33-22-14-12-10-8-6-4-2/h16-21,24H,3-15,22-23H2,1-2H3. The molecule has 2 rings (SSSR count). The Kier molecular flexibility index (Phi) is 14.6. The molecule has 0 N–H and O–H groups in total.